The van der Waals surface area contributed by atoms with Crippen LogP contribution >= 0.6 is 0 Å². The summed E-state index contributed by atoms with van der Waals surface area (Å²) in [6, 6.07) is -1.27. The van der Waals surface area contributed by atoms with Gasteiger partial charge < -0.3 is 30.3 Å². The zero-order chi connectivity index (χ0) is 28.7. The Bertz CT molecular complexity index is 997. The lowest BCUT2D eigenvalue weighted by atomic mass is 9.99. The number of allylic oxidation sites excluding steroid dienone is 1. The van der Waals surface area contributed by atoms with E-state index in [-0.39, 0.29) is 18.9 Å². The smallest absolute Gasteiger partial charge is 0.252 e. The van der Waals surface area contributed by atoms with Crippen LogP contribution in [-0.4, -0.2) is 76.1 Å². The molecular weight excluding hydrogens is 519 g/mol. The van der Waals surface area contributed by atoms with Crippen molar-refractivity contribution in [1.29, 1.82) is 0 Å². The highest BCUT2D eigenvalue weighted by molar-refractivity contribution is 5.89. The Labute approximate surface area is 217 Å². The van der Waals surface area contributed by atoms with Crippen LogP contribution in [0.25, 0.3) is 0 Å². The minimum absolute atomic E-state index is 0.0749. The number of nitrogens with one attached hydrogen (secondary N) is 1. The van der Waals surface area contributed by atoms with Gasteiger partial charge in [-0.1, -0.05) is 32.4 Å². The molecular formula is C25H33F5N2O6. The third-order valence-electron chi connectivity index (χ3n) is 6.55. The fourth-order valence-electron chi connectivity index (χ4n) is 3.97. The predicted octanol–water partition coefficient (Wildman–Crippen LogP) is 2.08. The zero-order valence-corrected chi connectivity index (χ0v) is 21.3. The summed E-state index contributed by atoms with van der Waals surface area (Å²) in [5.74, 6) is -12.5. The van der Waals surface area contributed by atoms with Gasteiger partial charge in [0.05, 0.1) is 6.54 Å². The van der Waals surface area contributed by atoms with E-state index in [9.17, 15) is 46.9 Å². The van der Waals surface area contributed by atoms with Crippen molar-refractivity contribution >= 4 is 11.8 Å². The third-order valence-corrected chi connectivity index (χ3v) is 6.55. The van der Waals surface area contributed by atoms with Gasteiger partial charge in [0.15, 0.2) is 29.4 Å². The molecule has 2 rings (SSSR count). The number of amides is 2. The molecule has 6 atom stereocenters. The number of nitrogens with zero attached hydrogens (tertiary/aromatic N) is 1. The number of hydrogen-bond acceptors (Lipinski definition) is 6. The molecule has 0 bridgehead atoms. The van der Waals surface area contributed by atoms with E-state index in [1.807, 2.05) is 13.8 Å². The van der Waals surface area contributed by atoms with Gasteiger partial charge in [-0.25, -0.2) is 22.0 Å². The number of halogens is 5. The van der Waals surface area contributed by atoms with E-state index >= 15 is 0 Å². The number of carbonyl (C=O) groups is 2. The maximum Gasteiger partial charge on any atom is 0.252 e. The third kappa shape index (κ3) is 7.28. The standard InChI is InChI=1S/C25H33F5N2O6/c1-4-12(2)8-9-15(33)21(34)22(35)23(38-3)24(36)31-14-7-5-6-10-32(25(14)37)11-13-16(26)18(28)20(30)19(29)17(13)27/h8-9,12,14-15,21-23,33-35H,4-7,10-11H2,1-3H3,(H,31,36)/t12?,14-,15+,21-,22+,23+/m0/s1. The van der Waals surface area contributed by atoms with Gasteiger partial charge in [-0.3, -0.25) is 9.59 Å². The van der Waals surface area contributed by atoms with Crippen molar-refractivity contribution in [2.45, 2.75) is 76.5 Å². The largest absolute Gasteiger partial charge is 0.387 e. The van der Waals surface area contributed by atoms with Crippen molar-refractivity contribution in [1.82, 2.24) is 10.2 Å². The number of likely N-dealkylation sites (tertiary alicyclic amines) is 1. The first-order valence-corrected chi connectivity index (χ1v) is 12.2. The van der Waals surface area contributed by atoms with Gasteiger partial charge in [-0.2, -0.15) is 0 Å². The van der Waals surface area contributed by atoms with Crippen LogP contribution in [0.5, 0.6) is 0 Å². The number of methoxy groups -OCH3 is 1. The maximum atomic E-state index is 14.2. The number of benzene rings is 1. The predicted molar refractivity (Wildman–Crippen MR) is 125 cm³/mol. The first kappa shape index (κ1) is 31.6. The van der Waals surface area contributed by atoms with E-state index < -0.39 is 83.5 Å². The van der Waals surface area contributed by atoms with Gasteiger partial charge >= 0.3 is 0 Å². The van der Waals surface area contributed by atoms with Crippen LogP contribution in [0.2, 0.25) is 0 Å². The van der Waals surface area contributed by atoms with Crippen molar-refractivity contribution in [2.24, 2.45) is 5.92 Å². The van der Waals surface area contributed by atoms with Gasteiger partial charge in [0, 0.05) is 19.2 Å². The molecule has 0 saturated carbocycles. The van der Waals surface area contributed by atoms with Crippen molar-refractivity contribution < 1.29 is 51.6 Å². The Morgan fingerprint density at radius 2 is 1.61 bits per heavy atom. The Hall–Kier alpha value is -2.61. The lowest BCUT2D eigenvalue weighted by Crippen LogP contribution is -2.55. The number of carbonyl (C=O) groups excluding carboxylic acids is 2. The fourth-order valence-corrected chi connectivity index (χ4v) is 3.97. The van der Waals surface area contributed by atoms with Crippen LogP contribution in [-0.2, 0) is 20.9 Å². The second-order valence-electron chi connectivity index (χ2n) is 9.26. The van der Waals surface area contributed by atoms with Gasteiger partial charge in [-0.05, 0) is 25.2 Å². The molecule has 1 aliphatic heterocycles. The number of hydrogen-bond donors (Lipinski definition) is 4. The van der Waals surface area contributed by atoms with Crippen LogP contribution in [0.15, 0.2) is 12.2 Å². The Morgan fingerprint density at radius 1 is 1.03 bits per heavy atom. The number of aliphatic hydroxyl groups excluding tert-OH is 3. The Kier molecular flexibility index (Phi) is 11.6. The first-order chi connectivity index (χ1) is 17.8. The highest BCUT2D eigenvalue weighted by atomic mass is 19.2. The van der Waals surface area contributed by atoms with Crippen molar-refractivity contribution in [3.05, 3.63) is 46.8 Å². The lowest BCUT2D eigenvalue weighted by molar-refractivity contribution is -0.151. The van der Waals surface area contributed by atoms with Crippen LogP contribution in [0, 0.1) is 35.0 Å². The fraction of sp³-hybridized carbons (Fsp3) is 0.600. The lowest BCUT2D eigenvalue weighted by Gasteiger charge is -2.29. The van der Waals surface area contributed by atoms with E-state index in [1.165, 1.54) is 6.08 Å². The number of aliphatic hydroxyl groups is 3. The highest BCUT2D eigenvalue weighted by Gasteiger charge is 2.38. The molecule has 8 nitrogen and oxygen atoms in total. The first-order valence-electron chi connectivity index (χ1n) is 12.2. The van der Waals surface area contributed by atoms with Gasteiger partial charge in [0.25, 0.3) is 5.91 Å². The summed E-state index contributed by atoms with van der Waals surface area (Å²) in [4.78, 5) is 26.8. The SMILES string of the molecule is CCC(C)C=C[C@@H](O)[C@H](O)[C@@H](O)[C@@H](OC)C(=O)N[C@H]1CCCCN(Cc2c(F)c(F)c(F)c(F)c2F)C1=O. The van der Waals surface area contributed by atoms with E-state index in [0.29, 0.717) is 12.8 Å². The zero-order valence-electron chi connectivity index (χ0n) is 21.3. The molecule has 1 heterocycles. The average Bonchev–Trinajstić information content (AvgIpc) is 3.07. The van der Waals surface area contributed by atoms with E-state index in [0.717, 1.165) is 18.4 Å². The molecule has 1 aliphatic rings. The summed E-state index contributed by atoms with van der Waals surface area (Å²) < 4.78 is 73.9. The van der Waals surface area contributed by atoms with Crippen LogP contribution < -0.4 is 5.32 Å². The van der Waals surface area contributed by atoms with Gasteiger partial charge in [-0.15, -0.1) is 0 Å². The van der Waals surface area contributed by atoms with E-state index in [1.54, 1.807) is 6.08 Å². The van der Waals surface area contributed by atoms with E-state index in [2.05, 4.69) is 5.32 Å². The Morgan fingerprint density at radius 3 is 2.16 bits per heavy atom. The second-order valence-corrected chi connectivity index (χ2v) is 9.26. The van der Waals surface area contributed by atoms with E-state index in [4.69, 9.17) is 4.74 Å². The molecule has 0 aliphatic carbocycles. The maximum absolute atomic E-state index is 14.2. The number of ether oxygens (including phenoxy) is 1. The summed E-state index contributed by atoms with van der Waals surface area (Å²) in [5, 5.41) is 33.3. The molecule has 1 aromatic carbocycles. The van der Waals surface area contributed by atoms with Crippen molar-refractivity contribution in [3.8, 4) is 0 Å². The molecule has 1 aromatic rings. The average molecular weight is 553 g/mol. The molecule has 13 heteroatoms. The van der Waals surface area contributed by atoms with Crippen LogP contribution in [0.4, 0.5) is 22.0 Å². The number of rotatable bonds is 11. The molecule has 1 unspecified atom stereocenters. The normalized spacial score (nSPS) is 20.7. The second kappa shape index (κ2) is 14.0. The van der Waals surface area contributed by atoms with Gasteiger partial charge in [0.1, 0.15) is 24.4 Å². The monoisotopic (exact) mass is 552 g/mol. The summed E-state index contributed by atoms with van der Waals surface area (Å²) in [7, 11) is 1.06. The highest BCUT2D eigenvalue weighted by Crippen LogP contribution is 2.25. The molecule has 2 amide bonds. The molecule has 0 spiro atoms. The summed E-state index contributed by atoms with van der Waals surface area (Å²) in [6.45, 7) is 2.78. The Balaban J connectivity index is 2.17. The van der Waals surface area contributed by atoms with Crippen LogP contribution in [0.3, 0.4) is 0 Å². The molecule has 1 fully saturated rings. The topological polar surface area (TPSA) is 119 Å². The van der Waals surface area contributed by atoms with Crippen molar-refractivity contribution in [3.63, 3.8) is 0 Å². The molecule has 1 saturated heterocycles. The molecule has 0 aromatic heterocycles. The summed E-state index contributed by atoms with van der Waals surface area (Å²) in [6.07, 6.45) is -2.52. The molecule has 0 radical (unpaired) electrons. The van der Waals surface area contributed by atoms with Crippen LogP contribution in [0.1, 0.15) is 45.1 Å². The summed E-state index contributed by atoms with van der Waals surface area (Å²) >= 11 is 0. The molecule has 4 N–H and O–H groups in total. The minimum Gasteiger partial charge on any atom is -0.387 e. The quantitative estimate of drug-likeness (QED) is 0.145. The summed E-state index contributed by atoms with van der Waals surface area (Å²) in [5.41, 5.74) is -1.19. The minimum atomic E-state index is -2.32. The van der Waals surface area contributed by atoms with Gasteiger partial charge in [0.2, 0.25) is 11.7 Å². The molecule has 38 heavy (non-hydrogen) atoms. The van der Waals surface area contributed by atoms with Crippen molar-refractivity contribution in [2.75, 3.05) is 13.7 Å². The molecule has 214 valence electrons.